The number of nitrogens with zero attached hydrogens (tertiary/aromatic N) is 3. The second kappa shape index (κ2) is 9.83. The standard InChI is InChI=1S/C27H31N5O/c1-33-18-19-11-12-21(22(14-19)15-28)16-32(17-26-30-23-8-2-3-9-24(23)31-26)25-10-4-6-20-7-5-13-29-27(20)25/h2-3,5,7-9,11-14,25H,4,6,10,15-18,28H2,1H3,(H,30,31). The fourth-order valence-electron chi connectivity index (χ4n) is 4.99. The van der Waals surface area contributed by atoms with E-state index in [0.29, 0.717) is 13.2 Å². The number of benzene rings is 2. The average molecular weight is 442 g/mol. The lowest BCUT2D eigenvalue weighted by molar-refractivity contribution is 0.153. The molecule has 2 aromatic heterocycles. The number of rotatable bonds is 8. The first-order valence-corrected chi connectivity index (χ1v) is 11.7. The Labute approximate surface area is 194 Å². The first-order chi connectivity index (χ1) is 16.2. The van der Waals surface area contributed by atoms with Gasteiger partial charge in [0.05, 0.1) is 35.9 Å². The van der Waals surface area contributed by atoms with E-state index in [1.54, 1.807) is 7.11 Å². The van der Waals surface area contributed by atoms with E-state index in [2.05, 4.69) is 46.3 Å². The maximum atomic E-state index is 6.16. The molecule has 0 radical (unpaired) electrons. The highest BCUT2D eigenvalue weighted by Gasteiger charge is 2.28. The molecule has 1 aliphatic rings. The Morgan fingerprint density at radius 2 is 2.00 bits per heavy atom. The van der Waals surface area contributed by atoms with Crippen LogP contribution in [0.3, 0.4) is 0 Å². The quantitative estimate of drug-likeness (QED) is 0.416. The number of hydrogen-bond acceptors (Lipinski definition) is 5. The average Bonchev–Trinajstić information content (AvgIpc) is 3.27. The Hall–Kier alpha value is -3.06. The van der Waals surface area contributed by atoms with Gasteiger partial charge < -0.3 is 15.5 Å². The summed E-state index contributed by atoms with van der Waals surface area (Å²) in [6, 6.07) is 19.2. The van der Waals surface area contributed by atoms with Gasteiger partial charge in [0.25, 0.3) is 0 Å². The largest absolute Gasteiger partial charge is 0.380 e. The van der Waals surface area contributed by atoms with E-state index >= 15 is 0 Å². The number of pyridine rings is 1. The van der Waals surface area contributed by atoms with E-state index in [4.69, 9.17) is 20.4 Å². The number of nitrogens with one attached hydrogen (secondary N) is 1. The summed E-state index contributed by atoms with van der Waals surface area (Å²) in [4.78, 5) is 15.7. The van der Waals surface area contributed by atoms with Gasteiger partial charge in [0, 0.05) is 26.4 Å². The van der Waals surface area contributed by atoms with Gasteiger partial charge in [-0.3, -0.25) is 9.88 Å². The van der Waals surface area contributed by atoms with Gasteiger partial charge in [-0.1, -0.05) is 36.4 Å². The molecule has 1 unspecified atom stereocenters. The zero-order valence-corrected chi connectivity index (χ0v) is 19.1. The molecule has 0 saturated carbocycles. The molecular formula is C27H31N5O. The van der Waals surface area contributed by atoms with E-state index in [0.717, 1.165) is 60.3 Å². The fraction of sp³-hybridized carbons (Fsp3) is 0.333. The van der Waals surface area contributed by atoms with Crippen molar-refractivity contribution in [2.24, 2.45) is 5.73 Å². The molecule has 6 heteroatoms. The van der Waals surface area contributed by atoms with Crippen molar-refractivity contribution in [2.75, 3.05) is 7.11 Å². The molecule has 2 aromatic carbocycles. The monoisotopic (exact) mass is 441 g/mol. The highest BCUT2D eigenvalue weighted by molar-refractivity contribution is 5.74. The van der Waals surface area contributed by atoms with Gasteiger partial charge in [-0.25, -0.2) is 4.98 Å². The number of aryl methyl sites for hydroxylation is 1. The van der Waals surface area contributed by atoms with Gasteiger partial charge in [-0.15, -0.1) is 0 Å². The lowest BCUT2D eigenvalue weighted by Crippen LogP contribution is -2.32. The molecule has 4 aromatic rings. The maximum absolute atomic E-state index is 6.16. The van der Waals surface area contributed by atoms with Crippen LogP contribution in [0, 0.1) is 0 Å². The van der Waals surface area contributed by atoms with Gasteiger partial charge in [0.2, 0.25) is 0 Å². The molecular weight excluding hydrogens is 410 g/mol. The summed E-state index contributed by atoms with van der Waals surface area (Å²) in [6.07, 6.45) is 5.26. The molecule has 0 amide bonds. The van der Waals surface area contributed by atoms with Gasteiger partial charge in [0.15, 0.2) is 0 Å². The van der Waals surface area contributed by atoms with Gasteiger partial charge in [0.1, 0.15) is 5.82 Å². The van der Waals surface area contributed by atoms with E-state index in [9.17, 15) is 0 Å². The minimum absolute atomic E-state index is 0.243. The van der Waals surface area contributed by atoms with Crippen molar-refractivity contribution >= 4 is 11.0 Å². The predicted molar refractivity (Wildman–Crippen MR) is 130 cm³/mol. The molecule has 0 fully saturated rings. The molecule has 2 heterocycles. The Balaban J connectivity index is 1.50. The van der Waals surface area contributed by atoms with Crippen LogP contribution in [0.15, 0.2) is 60.8 Å². The number of fused-ring (bicyclic) bond motifs is 2. The van der Waals surface area contributed by atoms with Crippen molar-refractivity contribution in [3.63, 3.8) is 0 Å². The highest BCUT2D eigenvalue weighted by Crippen LogP contribution is 2.35. The summed E-state index contributed by atoms with van der Waals surface area (Å²) < 4.78 is 5.32. The van der Waals surface area contributed by atoms with E-state index in [1.807, 2.05) is 24.4 Å². The molecule has 0 saturated heterocycles. The summed E-state index contributed by atoms with van der Waals surface area (Å²) >= 11 is 0. The van der Waals surface area contributed by atoms with Crippen LogP contribution in [0.25, 0.3) is 11.0 Å². The van der Waals surface area contributed by atoms with Crippen LogP contribution in [0.5, 0.6) is 0 Å². The highest BCUT2D eigenvalue weighted by atomic mass is 16.5. The summed E-state index contributed by atoms with van der Waals surface area (Å²) in [5.74, 6) is 0.976. The molecule has 5 rings (SSSR count). The number of nitrogens with two attached hydrogens (primary N) is 1. The number of ether oxygens (including phenoxy) is 1. The zero-order chi connectivity index (χ0) is 22.6. The van der Waals surface area contributed by atoms with Gasteiger partial charge in [-0.2, -0.15) is 0 Å². The molecule has 6 nitrogen and oxygen atoms in total. The van der Waals surface area contributed by atoms with E-state index < -0.39 is 0 Å². The molecule has 1 atom stereocenters. The van der Waals surface area contributed by atoms with Gasteiger partial charge in [-0.05, 0) is 59.7 Å². The lowest BCUT2D eigenvalue weighted by Gasteiger charge is -2.35. The van der Waals surface area contributed by atoms with Crippen LogP contribution in [0.2, 0.25) is 0 Å². The van der Waals surface area contributed by atoms with Crippen LogP contribution in [0.4, 0.5) is 0 Å². The summed E-state index contributed by atoms with van der Waals surface area (Å²) in [7, 11) is 1.72. The molecule has 33 heavy (non-hydrogen) atoms. The number of aromatic nitrogens is 3. The minimum Gasteiger partial charge on any atom is -0.380 e. The Morgan fingerprint density at radius 1 is 1.09 bits per heavy atom. The molecule has 0 aliphatic heterocycles. The van der Waals surface area contributed by atoms with Crippen LogP contribution < -0.4 is 5.73 Å². The molecule has 1 aliphatic carbocycles. The zero-order valence-electron chi connectivity index (χ0n) is 19.1. The number of aromatic amines is 1. The molecule has 0 bridgehead atoms. The van der Waals surface area contributed by atoms with Crippen LogP contribution in [-0.4, -0.2) is 27.0 Å². The van der Waals surface area contributed by atoms with E-state index in [1.165, 1.54) is 16.8 Å². The first kappa shape index (κ1) is 21.8. The van der Waals surface area contributed by atoms with Crippen molar-refractivity contribution in [3.05, 3.63) is 94.6 Å². The molecule has 170 valence electrons. The summed E-state index contributed by atoms with van der Waals surface area (Å²) in [5.41, 5.74) is 14.3. The number of para-hydroxylation sites is 2. The Morgan fingerprint density at radius 3 is 2.85 bits per heavy atom. The van der Waals surface area contributed by atoms with Crippen molar-refractivity contribution in [3.8, 4) is 0 Å². The third kappa shape index (κ3) is 4.69. The fourth-order valence-corrected chi connectivity index (χ4v) is 4.99. The molecule has 3 N–H and O–H groups in total. The summed E-state index contributed by atoms with van der Waals surface area (Å²) in [6.45, 7) is 2.61. The second-order valence-corrected chi connectivity index (χ2v) is 8.80. The van der Waals surface area contributed by atoms with Crippen molar-refractivity contribution in [1.82, 2.24) is 19.9 Å². The SMILES string of the molecule is COCc1ccc(CN(Cc2nc3ccccc3[nH]2)C2CCCc3cccnc32)c(CN)c1. The number of methoxy groups -OCH3 is 1. The minimum atomic E-state index is 0.243. The van der Waals surface area contributed by atoms with Crippen molar-refractivity contribution in [2.45, 2.75) is 51.5 Å². The van der Waals surface area contributed by atoms with Crippen LogP contribution in [0.1, 0.15) is 52.7 Å². The predicted octanol–water partition coefficient (Wildman–Crippen LogP) is 4.64. The van der Waals surface area contributed by atoms with Crippen molar-refractivity contribution in [1.29, 1.82) is 0 Å². The topological polar surface area (TPSA) is 80.1 Å². The third-order valence-electron chi connectivity index (χ3n) is 6.57. The normalized spacial score (nSPS) is 15.8. The van der Waals surface area contributed by atoms with Crippen LogP contribution in [-0.2, 0) is 37.4 Å². The van der Waals surface area contributed by atoms with Gasteiger partial charge >= 0.3 is 0 Å². The lowest BCUT2D eigenvalue weighted by atomic mass is 9.90. The third-order valence-corrected chi connectivity index (χ3v) is 6.57. The maximum Gasteiger partial charge on any atom is 0.121 e. The molecule has 0 spiro atoms. The summed E-state index contributed by atoms with van der Waals surface area (Å²) in [5, 5.41) is 0. The van der Waals surface area contributed by atoms with E-state index in [-0.39, 0.29) is 6.04 Å². The van der Waals surface area contributed by atoms with Crippen LogP contribution >= 0.6 is 0 Å². The Kier molecular flexibility index (Phi) is 6.48. The van der Waals surface area contributed by atoms with Crippen molar-refractivity contribution < 1.29 is 4.74 Å². The second-order valence-electron chi connectivity index (χ2n) is 8.80. The smallest absolute Gasteiger partial charge is 0.121 e. The first-order valence-electron chi connectivity index (χ1n) is 11.7. The number of H-pyrrole nitrogens is 1. The Bertz CT molecular complexity index is 1200. The number of hydrogen-bond donors (Lipinski definition) is 2. The number of imidazole rings is 1.